The van der Waals surface area contributed by atoms with Crippen molar-refractivity contribution in [2.75, 3.05) is 19.7 Å². The number of nitrogens with zero attached hydrogens (tertiary/aromatic N) is 1. The maximum absolute atomic E-state index is 10.8. The van der Waals surface area contributed by atoms with Crippen molar-refractivity contribution in [2.24, 2.45) is 0 Å². The van der Waals surface area contributed by atoms with E-state index in [1.165, 1.54) is 12.1 Å². The van der Waals surface area contributed by atoms with Crippen LogP contribution in [0.4, 0.5) is 5.69 Å². The minimum atomic E-state index is -0.505. The number of nitrogens with one attached hydrogen (secondary N) is 1. The molecule has 2 unspecified atom stereocenters. The van der Waals surface area contributed by atoms with Gasteiger partial charge in [0.05, 0.1) is 11.0 Å². The van der Waals surface area contributed by atoms with Gasteiger partial charge in [0.25, 0.3) is 5.69 Å². The summed E-state index contributed by atoms with van der Waals surface area (Å²) in [6.45, 7) is 5.68. The van der Waals surface area contributed by atoms with E-state index >= 15 is 0 Å². The molecule has 1 aliphatic rings. The molecule has 110 valence electrons. The van der Waals surface area contributed by atoms with E-state index in [1.807, 2.05) is 6.92 Å². The molecule has 0 aromatic heterocycles. The molecule has 0 radical (unpaired) electrons. The van der Waals surface area contributed by atoms with Crippen LogP contribution in [0.25, 0.3) is 0 Å². The lowest BCUT2D eigenvalue weighted by atomic mass is 10.2. The highest BCUT2D eigenvalue weighted by atomic mass is 35.5. The first-order chi connectivity index (χ1) is 9.47. The highest BCUT2D eigenvalue weighted by molar-refractivity contribution is 6.32. The fourth-order valence-corrected chi connectivity index (χ4v) is 2.32. The highest BCUT2D eigenvalue weighted by Crippen LogP contribution is 2.32. The fourth-order valence-electron chi connectivity index (χ4n) is 2.10. The number of rotatable bonds is 4. The van der Waals surface area contributed by atoms with Crippen LogP contribution < -0.4 is 10.1 Å². The first-order valence-electron chi connectivity index (χ1n) is 6.41. The number of nitro benzene ring substituents is 1. The van der Waals surface area contributed by atoms with E-state index in [-0.39, 0.29) is 22.9 Å². The molecule has 0 bridgehead atoms. The molecule has 2 rings (SSSR count). The molecule has 1 aromatic carbocycles. The summed E-state index contributed by atoms with van der Waals surface area (Å²) in [5, 5.41) is 14.1. The lowest BCUT2D eigenvalue weighted by Crippen LogP contribution is -2.45. The second kappa shape index (κ2) is 6.39. The number of benzene rings is 1. The number of hydrogen-bond donors (Lipinski definition) is 1. The third-order valence-corrected chi connectivity index (χ3v) is 3.40. The number of morpholine rings is 1. The van der Waals surface area contributed by atoms with Crippen LogP contribution in [0.5, 0.6) is 5.75 Å². The van der Waals surface area contributed by atoms with Gasteiger partial charge in [-0.3, -0.25) is 10.1 Å². The molecular formula is C13H17ClN2O4. The van der Waals surface area contributed by atoms with Crippen LogP contribution in [0.15, 0.2) is 12.1 Å². The Balaban J connectivity index is 2.02. The molecule has 1 fully saturated rings. The van der Waals surface area contributed by atoms with E-state index in [1.54, 1.807) is 6.92 Å². The van der Waals surface area contributed by atoms with E-state index < -0.39 is 4.92 Å². The number of aryl methyl sites for hydroxylation is 1. The molecule has 0 saturated carbocycles. The molecule has 1 aromatic rings. The summed E-state index contributed by atoms with van der Waals surface area (Å²) in [5.74, 6) is 0.544. The lowest BCUT2D eigenvalue weighted by Gasteiger charge is -2.28. The fraction of sp³-hybridized carbons (Fsp3) is 0.538. The third kappa shape index (κ3) is 3.59. The van der Waals surface area contributed by atoms with Gasteiger partial charge < -0.3 is 14.8 Å². The van der Waals surface area contributed by atoms with E-state index in [0.717, 1.165) is 13.1 Å². The summed E-state index contributed by atoms with van der Waals surface area (Å²) in [6.07, 6.45) is 0.117. The van der Waals surface area contributed by atoms with Crippen molar-refractivity contribution in [3.05, 3.63) is 32.8 Å². The van der Waals surface area contributed by atoms with Crippen molar-refractivity contribution >= 4 is 17.3 Å². The number of nitro groups is 1. The molecule has 1 N–H and O–H groups in total. The van der Waals surface area contributed by atoms with E-state index in [2.05, 4.69) is 5.32 Å². The standard InChI is InChI=1S/C13H17ClN2O4/c1-8-3-12(16(17)18)11(14)4-13(8)19-7-10-6-15-5-9(2)20-10/h3-4,9-10,15H,5-7H2,1-2H3. The van der Waals surface area contributed by atoms with Crippen LogP contribution in [0.1, 0.15) is 12.5 Å². The predicted molar refractivity (Wildman–Crippen MR) is 75.5 cm³/mol. The molecule has 1 aliphatic heterocycles. The predicted octanol–water partition coefficient (Wildman–Crippen LogP) is 2.31. The molecule has 1 saturated heterocycles. The van der Waals surface area contributed by atoms with Gasteiger partial charge in [0.15, 0.2) is 0 Å². The van der Waals surface area contributed by atoms with Crippen LogP contribution in [0.3, 0.4) is 0 Å². The van der Waals surface area contributed by atoms with E-state index in [9.17, 15) is 10.1 Å². The Morgan fingerprint density at radius 1 is 1.55 bits per heavy atom. The molecule has 2 atom stereocenters. The number of halogens is 1. The van der Waals surface area contributed by atoms with Crippen molar-refractivity contribution < 1.29 is 14.4 Å². The van der Waals surface area contributed by atoms with E-state index in [0.29, 0.717) is 17.9 Å². The minimum Gasteiger partial charge on any atom is -0.490 e. The van der Waals surface area contributed by atoms with Gasteiger partial charge in [-0.15, -0.1) is 0 Å². The zero-order valence-corrected chi connectivity index (χ0v) is 12.1. The zero-order chi connectivity index (χ0) is 14.7. The molecule has 7 heteroatoms. The largest absolute Gasteiger partial charge is 0.490 e. The summed E-state index contributed by atoms with van der Waals surface area (Å²) < 4.78 is 11.4. The Morgan fingerprint density at radius 3 is 2.95 bits per heavy atom. The third-order valence-electron chi connectivity index (χ3n) is 3.09. The molecule has 20 heavy (non-hydrogen) atoms. The van der Waals surface area contributed by atoms with Crippen LogP contribution in [-0.2, 0) is 4.74 Å². The van der Waals surface area contributed by atoms with Crippen molar-refractivity contribution in [2.45, 2.75) is 26.1 Å². The van der Waals surface area contributed by atoms with Crippen LogP contribution in [-0.4, -0.2) is 36.8 Å². The smallest absolute Gasteiger partial charge is 0.288 e. The van der Waals surface area contributed by atoms with Crippen molar-refractivity contribution in [1.82, 2.24) is 5.32 Å². The number of hydrogen-bond acceptors (Lipinski definition) is 5. The van der Waals surface area contributed by atoms with Gasteiger partial charge in [-0.25, -0.2) is 0 Å². The van der Waals surface area contributed by atoms with Gasteiger partial charge in [0, 0.05) is 25.2 Å². The highest BCUT2D eigenvalue weighted by Gasteiger charge is 2.21. The van der Waals surface area contributed by atoms with Crippen molar-refractivity contribution in [3.63, 3.8) is 0 Å². The molecule has 0 amide bonds. The van der Waals surface area contributed by atoms with Gasteiger partial charge in [0.1, 0.15) is 23.5 Å². The summed E-state index contributed by atoms with van der Waals surface area (Å²) in [4.78, 5) is 10.3. The van der Waals surface area contributed by atoms with Gasteiger partial charge >= 0.3 is 0 Å². The van der Waals surface area contributed by atoms with Gasteiger partial charge in [-0.1, -0.05) is 11.6 Å². The summed E-state index contributed by atoms with van der Waals surface area (Å²) in [7, 11) is 0. The Hall–Kier alpha value is -1.37. The lowest BCUT2D eigenvalue weighted by molar-refractivity contribution is -0.384. The summed E-state index contributed by atoms with van der Waals surface area (Å²) in [6, 6.07) is 2.90. The SMILES string of the molecule is Cc1cc([N+](=O)[O-])c(Cl)cc1OCC1CNCC(C)O1. The van der Waals surface area contributed by atoms with Crippen LogP contribution in [0, 0.1) is 17.0 Å². The minimum absolute atomic E-state index is 0.0351. The zero-order valence-electron chi connectivity index (χ0n) is 11.4. The molecule has 0 spiro atoms. The Morgan fingerprint density at radius 2 is 2.30 bits per heavy atom. The average Bonchev–Trinajstić information content (AvgIpc) is 2.39. The van der Waals surface area contributed by atoms with Crippen LogP contribution in [0.2, 0.25) is 5.02 Å². The molecule has 1 heterocycles. The quantitative estimate of drug-likeness (QED) is 0.682. The second-order valence-corrected chi connectivity index (χ2v) is 5.27. The monoisotopic (exact) mass is 300 g/mol. The number of ether oxygens (including phenoxy) is 2. The Labute approximate surface area is 122 Å². The van der Waals surface area contributed by atoms with Gasteiger partial charge in [-0.2, -0.15) is 0 Å². The van der Waals surface area contributed by atoms with Gasteiger partial charge in [0.2, 0.25) is 0 Å². The normalized spacial score (nSPS) is 22.6. The van der Waals surface area contributed by atoms with Crippen molar-refractivity contribution in [3.8, 4) is 5.75 Å². The summed E-state index contributed by atoms with van der Waals surface area (Å²) in [5.41, 5.74) is 0.568. The molecule has 0 aliphatic carbocycles. The Bertz CT molecular complexity index is 509. The van der Waals surface area contributed by atoms with Gasteiger partial charge in [-0.05, 0) is 19.4 Å². The first kappa shape index (κ1) is 15.0. The average molecular weight is 301 g/mol. The second-order valence-electron chi connectivity index (χ2n) is 4.86. The molecular weight excluding hydrogens is 284 g/mol. The first-order valence-corrected chi connectivity index (χ1v) is 6.78. The van der Waals surface area contributed by atoms with E-state index in [4.69, 9.17) is 21.1 Å². The maximum atomic E-state index is 10.8. The summed E-state index contributed by atoms with van der Waals surface area (Å²) >= 11 is 5.88. The molecule has 6 nitrogen and oxygen atoms in total. The maximum Gasteiger partial charge on any atom is 0.288 e. The van der Waals surface area contributed by atoms with Crippen LogP contribution >= 0.6 is 11.6 Å². The Kier molecular flexibility index (Phi) is 4.80. The van der Waals surface area contributed by atoms with Crippen molar-refractivity contribution in [1.29, 1.82) is 0 Å². The topological polar surface area (TPSA) is 73.6 Å².